The Bertz CT molecular complexity index is 25.9. The van der Waals surface area contributed by atoms with Crippen molar-refractivity contribution >= 4 is 0 Å². The van der Waals surface area contributed by atoms with Gasteiger partial charge >= 0.3 is 0 Å². The monoisotopic (exact) mass is 147 g/mol. The van der Waals surface area contributed by atoms with Gasteiger partial charge in [0, 0.05) is 6.04 Å². The third kappa shape index (κ3) is 100. The summed E-state index contributed by atoms with van der Waals surface area (Å²) in [6.45, 7) is 12.5. The minimum absolute atomic E-state index is 0.634. The van der Waals surface area contributed by atoms with Gasteiger partial charge in [0.15, 0.2) is 0 Å². The van der Waals surface area contributed by atoms with Crippen LogP contribution in [0.25, 0.3) is 0 Å². The van der Waals surface area contributed by atoms with Crippen molar-refractivity contribution in [1.29, 1.82) is 0 Å². The summed E-state index contributed by atoms with van der Waals surface area (Å²) in [5, 5.41) is 3.03. The molecule has 1 heteroatoms. The Morgan fingerprint density at radius 1 is 1.10 bits per heavy atom. The van der Waals surface area contributed by atoms with E-state index in [1.54, 1.807) is 0 Å². The molecule has 0 rings (SSSR count). The number of nitrogens with one attached hydrogen (secondary N) is 1. The minimum Gasteiger partial charge on any atom is -0.318 e. The van der Waals surface area contributed by atoms with Crippen molar-refractivity contribution in [3.05, 3.63) is 0 Å². The zero-order valence-corrected chi connectivity index (χ0v) is 8.78. The van der Waals surface area contributed by atoms with Gasteiger partial charge in [-0.3, -0.25) is 0 Å². The maximum atomic E-state index is 3.03. The minimum atomic E-state index is 0.634. The van der Waals surface area contributed by atoms with Gasteiger partial charge in [-0.1, -0.05) is 48.0 Å². The van der Waals surface area contributed by atoms with E-state index in [9.17, 15) is 0 Å². The molecule has 0 heterocycles. The lowest BCUT2D eigenvalue weighted by molar-refractivity contribution is 0.668. The predicted molar refractivity (Wildman–Crippen MR) is 51.5 cm³/mol. The molecule has 1 nitrogen and oxygen atoms in total. The van der Waals surface area contributed by atoms with E-state index >= 15 is 0 Å². The Balaban J connectivity index is -0.0000000847. The maximum Gasteiger partial charge on any atom is 0.000733 e. The fraction of sp³-hybridized carbons (Fsp3) is 1.00. The lowest BCUT2D eigenvalue weighted by atomic mass is 10.4. The first kappa shape index (κ1) is 16.5. The molecule has 0 atom stereocenters. The van der Waals surface area contributed by atoms with Crippen molar-refractivity contribution in [2.45, 2.75) is 54.0 Å². The molecule has 0 saturated heterocycles. The molecule has 1 N–H and O–H groups in total. The van der Waals surface area contributed by atoms with E-state index in [0.717, 1.165) is 0 Å². The van der Waals surface area contributed by atoms with E-state index < -0.39 is 0 Å². The number of hydrogen-bond acceptors (Lipinski definition) is 1. The van der Waals surface area contributed by atoms with Gasteiger partial charge in [0.2, 0.25) is 0 Å². The SMILES string of the molecule is CC.CCC.CNC(C)C. The summed E-state index contributed by atoms with van der Waals surface area (Å²) in [6, 6.07) is 0.634. The van der Waals surface area contributed by atoms with Crippen LogP contribution in [-0.4, -0.2) is 13.1 Å². The van der Waals surface area contributed by atoms with Gasteiger partial charge in [0.1, 0.15) is 0 Å². The normalized spacial score (nSPS) is 7.20. The average molecular weight is 147 g/mol. The molecule has 0 spiro atoms. The van der Waals surface area contributed by atoms with Gasteiger partial charge in [-0.2, -0.15) is 0 Å². The highest BCUT2D eigenvalue weighted by Crippen LogP contribution is 1.66. The standard InChI is InChI=1S/C4H11N.C3H8.C2H6/c1-4(2)5-3;1-3-2;1-2/h4-5H,1-3H3;3H2,1-2H3;1-2H3. The predicted octanol–water partition coefficient (Wildman–Crippen LogP) is 3.06. The molecule has 0 aliphatic carbocycles. The summed E-state index contributed by atoms with van der Waals surface area (Å²) in [4.78, 5) is 0. The topological polar surface area (TPSA) is 12.0 Å². The van der Waals surface area contributed by atoms with Crippen LogP contribution in [0.15, 0.2) is 0 Å². The maximum absolute atomic E-state index is 3.03. The van der Waals surface area contributed by atoms with Crippen molar-refractivity contribution in [2.75, 3.05) is 7.05 Å². The smallest absolute Gasteiger partial charge is 0.000733 e. The molecule has 0 aliphatic heterocycles. The lowest BCUT2D eigenvalue weighted by Crippen LogP contribution is -2.15. The first-order chi connectivity index (χ1) is 4.68. The first-order valence-corrected chi connectivity index (χ1v) is 4.36. The Kier molecular flexibility index (Phi) is 38.1. The zero-order valence-electron chi connectivity index (χ0n) is 8.78. The molecule has 0 bridgehead atoms. The highest BCUT2D eigenvalue weighted by atomic mass is 14.8. The summed E-state index contributed by atoms with van der Waals surface area (Å²) in [5.74, 6) is 0. The molecule has 0 saturated carbocycles. The van der Waals surface area contributed by atoms with E-state index in [1.165, 1.54) is 6.42 Å². The van der Waals surface area contributed by atoms with Crippen LogP contribution in [0.5, 0.6) is 0 Å². The fourth-order valence-corrected chi connectivity index (χ4v) is 0. The number of hydrogen-bond donors (Lipinski definition) is 1. The van der Waals surface area contributed by atoms with Crippen molar-refractivity contribution in [3.63, 3.8) is 0 Å². The van der Waals surface area contributed by atoms with E-state index in [4.69, 9.17) is 0 Å². The molecular formula is C9H25N. The van der Waals surface area contributed by atoms with Crippen LogP contribution in [0.4, 0.5) is 0 Å². The average Bonchev–Trinajstić information content (AvgIpc) is 1.94. The van der Waals surface area contributed by atoms with E-state index in [2.05, 4.69) is 33.0 Å². The molecule has 0 fully saturated rings. The molecule has 10 heavy (non-hydrogen) atoms. The van der Waals surface area contributed by atoms with Crippen LogP contribution < -0.4 is 5.32 Å². The molecule has 0 aliphatic rings. The van der Waals surface area contributed by atoms with Crippen molar-refractivity contribution < 1.29 is 0 Å². The zero-order chi connectivity index (χ0) is 8.99. The second kappa shape index (κ2) is 23.1. The van der Waals surface area contributed by atoms with Gasteiger partial charge < -0.3 is 5.32 Å². The lowest BCUT2D eigenvalue weighted by Gasteiger charge is -1.95. The first-order valence-electron chi connectivity index (χ1n) is 4.36. The second-order valence-electron chi connectivity index (χ2n) is 2.15. The van der Waals surface area contributed by atoms with Crippen molar-refractivity contribution in [3.8, 4) is 0 Å². The highest BCUT2D eigenvalue weighted by Gasteiger charge is 1.76. The molecular weight excluding hydrogens is 122 g/mol. The Morgan fingerprint density at radius 3 is 1.20 bits per heavy atom. The Labute approximate surface area is 67.2 Å². The van der Waals surface area contributed by atoms with Gasteiger partial charge in [-0.15, -0.1) is 0 Å². The fourth-order valence-electron chi connectivity index (χ4n) is 0. The quantitative estimate of drug-likeness (QED) is 0.601. The largest absolute Gasteiger partial charge is 0.318 e. The Hall–Kier alpha value is -0.0400. The summed E-state index contributed by atoms with van der Waals surface area (Å²) in [7, 11) is 1.95. The van der Waals surface area contributed by atoms with Gasteiger partial charge in [0.25, 0.3) is 0 Å². The summed E-state index contributed by atoms with van der Waals surface area (Å²) < 4.78 is 0. The van der Waals surface area contributed by atoms with Crippen LogP contribution in [0.1, 0.15) is 48.0 Å². The van der Waals surface area contributed by atoms with Crippen molar-refractivity contribution in [2.24, 2.45) is 0 Å². The summed E-state index contributed by atoms with van der Waals surface area (Å²) >= 11 is 0. The molecule has 0 aromatic rings. The Morgan fingerprint density at radius 2 is 1.20 bits per heavy atom. The molecule has 0 amide bonds. The third-order valence-corrected chi connectivity index (χ3v) is 0.577. The third-order valence-electron chi connectivity index (χ3n) is 0.577. The van der Waals surface area contributed by atoms with Gasteiger partial charge in [-0.05, 0) is 7.05 Å². The highest BCUT2D eigenvalue weighted by molar-refractivity contribution is 4.40. The van der Waals surface area contributed by atoms with Crippen LogP contribution in [0.3, 0.4) is 0 Å². The molecule has 0 unspecified atom stereocenters. The van der Waals surface area contributed by atoms with Gasteiger partial charge in [-0.25, -0.2) is 0 Å². The molecule has 0 aromatic carbocycles. The van der Waals surface area contributed by atoms with E-state index in [0.29, 0.717) is 6.04 Å². The van der Waals surface area contributed by atoms with Crippen LogP contribution in [-0.2, 0) is 0 Å². The van der Waals surface area contributed by atoms with Crippen LogP contribution in [0, 0.1) is 0 Å². The van der Waals surface area contributed by atoms with Gasteiger partial charge in [0.05, 0.1) is 0 Å². The summed E-state index contributed by atoms with van der Waals surface area (Å²) in [6.07, 6.45) is 1.25. The van der Waals surface area contributed by atoms with E-state index in [-0.39, 0.29) is 0 Å². The van der Waals surface area contributed by atoms with Crippen molar-refractivity contribution in [1.82, 2.24) is 5.32 Å². The van der Waals surface area contributed by atoms with Crippen LogP contribution >= 0.6 is 0 Å². The molecule has 66 valence electrons. The molecule has 0 aromatic heterocycles. The van der Waals surface area contributed by atoms with E-state index in [1.807, 2.05) is 20.9 Å². The second-order valence-corrected chi connectivity index (χ2v) is 2.15. The summed E-state index contributed by atoms with van der Waals surface area (Å²) in [5.41, 5.74) is 0. The van der Waals surface area contributed by atoms with Crippen LogP contribution in [0.2, 0.25) is 0 Å². The molecule has 0 radical (unpaired) electrons. The number of rotatable bonds is 1.